The van der Waals surface area contributed by atoms with Gasteiger partial charge in [0.25, 0.3) is 0 Å². The van der Waals surface area contributed by atoms with Crippen molar-refractivity contribution in [1.82, 2.24) is 10.3 Å². The maximum Gasteiger partial charge on any atom is 0.137 e. The van der Waals surface area contributed by atoms with Crippen LogP contribution >= 0.6 is 0 Å². The number of hydrogen-bond acceptors (Lipinski definition) is 4. The minimum Gasteiger partial charge on any atom is -0.492 e. The fourth-order valence-corrected chi connectivity index (χ4v) is 2.04. The van der Waals surface area contributed by atoms with Gasteiger partial charge in [0.15, 0.2) is 0 Å². The summed E-state index contributed by atoms with van der Waals surface area (Å²) >= 11 is 0. The maximum atomic E-state index is 5.50. The standard InChI is InChI=1S/C15H26N2O2/c1-4-17-15(8-7-9-18-5-2)13-10-14(19-6-3)12-16-11-13/h10-12,15,17H,4-9H2,1-3H3. The van der Waals surface area contributed by atoms with E-state index in [4.69, 9.17) is 9.47 Å². The highest BCUT2D eigenvalue weighted by atomic mass is 16.5. The van der Waals surface area contributed by atoms with Crippen molar-refractivity contribution in [3.63, 3.8) is 0 Å². The van der Waals surface area contributed by atoms with Crippen molar-refractivity contribution in [2.45, 2.75) is 39.7 Å². The summed E-state index contributed by atoms with van der Waals surface area (Å²) in [5.41, 5.74) is 1.18. The molecule has 1 atom stereocenters. The van der Waals surface area contributed by atoms with Gasteiger partial charge in [0, 0.05) is 25.5 Å². The molecule has 1 aromatic rings. The van der Waals surface area contributed by atoms with Crippen LogP contribution in [0.2, 0.25) is 0 Å². The van der Waals surface area contributed by atoms with Crippen molar-refractivity contribution in [2.75, 3.05) is 26.4 Å². The quantitative estimate of drug-likeness (QED) is 0.661. The predicted octanol–water partition coefficient (Wildman–Crippen LogP) is 2.95. The van der Waals surface area contributed by atoms with Crippen molar-refractivity contribution in [3.05, 3.63) is 24.0 Å². The Morgan fingerprint density at radius 3 is 2.74 bits per heavy atom. The lowest BCUT2D eigenvalue weighted by Gasteiger charge is -2.18. The molecule has 1 heterocycles. The number of hydrogen-bond donors (Lipinski definition) is 1. The molecular formula is C15H26N2O2. The number of rotatable bonds is 10. The summed E-state index contributed by atoms with van der Waals surface area (Å²) in [6.07, 6.45) is 5.77. The Kier molecular flexibility index (Phi) is 8.18. The first-order valence-corrected chi connectivity index (χ1v) is 7.20. The van der Waals surface area contributed by atoms with E-state index in [-0.39, 0.29) is 0 Å². The summed E-state index contributed by atoms with van der Waals surface area (Å²) in [6.45, 7) is 9.34. The fourth-order valence-electron chi connectivity index (χ4n) is 2.04. The van der Waals surface area contributed by atoms with Crippen LogP contribution in [0.3, 0.4) is 0 Å². The lowest BCUT2D eigenvalue weighted by Crippen LogP contribution is -2.21. The third-order valence-corrected chi connectivity index (χ3v) is 2.88. The Morgan fingerprint density at radius 1 is 1.21 bits per heavy atom. The van der Waals surface area contributed by atoms with Gasteiger partial charge in [-0.15, -0.1) is 0 Å². The van der Waals surface area contributed by atoms with E-state index in [1.165, 1.54) is 5.56 Å². The number of nitrogens with zero attached hydrogens (tertiary/aromatic N) is 1. The van der Waals surface area contributed by atoms with Crippen molar-refractivity contribution in [2.24, 2.45) is 0 Å². The Morgan fingerprint density at radius 2 is 2.05 bits per heavy atom. The molecule has 0 aliphatic rings. The predicted molar refractivity (Wildman–Crippen MR) is 77.6 cm³/mol. The highest BCUT2D eigenvalue weighted by Gasteiger charge is 2.11. The molecule has 0 amide bonds. The molecule has 0 radical (unpaired) electrons. The average Bonchev–Trinajstić information content (AvgIpc) is 2.43. The van der Waals surface area contributed by atoms with E-state index in [0.717, 1.165) is 38.3 Å². The Balaban J connectivity index is 2.60. The van der Waals surface area contributed by atoms with Crippen LogP contribution in [0.25, 0.3) is 0 Å². The largest absolute Gasteiger partial charge is 0.492 e. The molecule has 0 saturated carbocycles. The van der Waals surface area contributed by atoms with Gasteiger partial charge in [0.05, 0.1) is 12.8 Å². The zero-order valence-corrected chi connectivity index (χ0v) is 12.3. The van der Waals surface area contributed by atoms with Crippen molar-refractivity contribution in [1.29, 1.82) is 0 Å². The smallest absolute Gasteiger partial charge is 0.137 e. The lowest BCUT2D eigenvalue weighted by atomic mass is 10.0. The number of aromatic nitrogens is 1. The molecule has 4 nitrogen and oxygen atoms in total. The topological polar surface area (TPSA) is 43.4 Å². The molecule has 1 unspecified atom stereocenters. The van der Waals surface area contributed by atoms with Crippen LogP contribution in [-0.2, 0) is 4.74 Å². The van der Waals surface area contributed by atoms with Gasteiger partial charge in [-0.25, -0.2) is 0 Å². The minimum absolute atomic E-state index is 0.318. The van der Waals surface area contributed by atoms with Crippen LogP contribution in [0.5, 0.6) is 5.75 Å². The van der Waals surface area contributed by atoms with E-state index in [9.17, 15) is 0 Å². The molecule has 108 valence electrons. The van der Waals surface area contributed by atoms with E-state index in [2.05, 4.69) is 23.3 Å². The summed E-state index contributed by atoms with van der Waals surface area (Å²) in [4.78, 5) is 4.25. The van der Waals surface area contributed by atoms with Crippen LogP contribution in [0.4, 0.5) is 0 Å². The number of pyridine rings is 1. The zero-order chi connectivity index (χ0) is 13.9. The maximum absolute atomic E-state index is 5.50. The molecule has 1 rings (SSSR count). The molecule has 4 heteroatoms. The highest BCUT2D eigenvalue weighted by Crippen LogP contribution is 2.21. The fraction of sp³-hybridized carbons (Fsp3) is 0.667. The van der Waals surface area contributed by atoms with Crippen LogP contribution in [0, 0.1) is 0 Å². The van der Waals surface area contributed by atoms with E-state index >= 15 is 0 Å². The molecule has 0 bridgehead atoms. The molecular weight excluding hydrogens is 240 g/mol. The lowest BCUT2D eigenvalue weighted by molar-refractivity contribution is 0.141. The van der Waals surface area contributed by atoms with Crippen LogP contribution in [-0.4, -0.2) is 31.3 Å². The summed E-state index contributed by atoms with van der Waals surface area (Å²) in [5.74, 6) is 0.840. The van der Waals surface area contributed by atoms with E-state index in [1.54, 1.807) is 6.20 Å². The molecule has 0 aromatic carbocycles. The Labute approximate surface area is 116 Å². The van der Waals surface area contributed by atoms with E-state index in [0.29, 0.717) is 12.6 Å². The highest BCUT2D eigenvalue weighted by molar-refractivity contribution is 5.26. The second-order valence-electron chi connectivity index (χ2n) is 4.34. The third-order valence-electron chi connectivity index (χ3n) is 2.88. The molecule has 0 saturated heterocycles. The summed E-state index contributed by atoms with van der Waals surface area (Å²) in [7, 11) is 0. The van der Waals surface area contributed by atoms with Gasteiger partial charge >= 0.3 is 0 Å². The van der Waals surface area contributed by atoms with Gasteiger partial charge in [0.2, 0.25) is 0 Å². The van der Waals surface area contributed by atoms with Crippen molar-refractivity contribution in [3.8, 4) is 5.75 Å². The van der Waals surface area contributed by atoms with Gasteiger partial charge < -0.3 is 14.8 Å². The SMILES string of the molecule is CCNC(CCCOCC)c1cncc(OCC)c1. The van der Waals surface area contributed by atoms with Crippen LogP contribution < -0.4 is 10.1 Å². The normalized spacial score (nSPS) is 12.4. The van der Waals surface area contributed by atoms with E-state index in [1.807, 2.05) is 20.0 Å². The molecule has 1 N–H and O–H groups in total. The molecule has 1 aromatic heterocycles. The Hall–Kier alpha value is -1.13. The minimum atomic E-state index is 0.318. The molecule has 19 heavy (non-hydrogen) atoms. The van der Waals surface area contributed by atoms with E-state index < -0.39 is 0 Å². The number of ether oxygens (including phenoxy) is 2. The molecule has 0 aliphatic heterocycles. The van der Waals surface area contributed by atoms with Gasteiger partial charge in [-0.05, 0) is 44.9 Å². The first-order valence-electron chi connectivity index (χ1n) is 7.20. The zero-order valence-electron chi connectivity index (χ0n) is 12.3. The summed E-state index contributed by atoms with van der Waals surface area (Å²) in [5, 5.41) is 3.49. The first-order chi connectivity index (χ1) is 9.31. The van der Waals surface area contributed by atoms with Crippen LogP contribution in [0.1, 0.15) is 45.2 Å². The molecule has 0 fully saturated rings. The summed E-state index contributed by atoms with van der Waals surface area (Å²) in [6, 6.07) is 2.39. The molecule has 0 aliphatic carbocycles. The number of nitrogens with one attached hydrogen (secondary N) is 1. The second kappa shape index (κ2) is 9.75. The van der Waals surface area contributed by atoms with Gasteiger partial charge in [-0.2, -0.15) is 0 Å². The third kappa shape index (κ3) is 6.03. The second-order valence-corrected chi connectivity index (χ2v) is 4.34. The van der Waals surface area contributed by atoms with Gasteiger partial charge in [-0.3, -0.25) is 4.98 Å². The van der Waals surface area contributed by atoms with Crippen molar-refractivity contribution >= 4 is 0 Å². The van der Waals surface area contributed by atoms with Crippen LogP contribution in [0.15, 0.2) is 18.5 Å². The monoisotopic (exact) mass is 266 g/mol. The Bertz CT molecular complexity index is 345. The molecule has 0 spiro atoms. The van der Waals surface area contributed by atoms with Gasteiger partial charge in [0.1, 0.15) is 5.75 Å². The first kappa shape index (κ1) is 15.9. The van der Waals surface area contributed by atoms with Gasteiger partial charge in [-0.1, -0.05) is 6.92 Å². The summed E-state index contributed by atoms with van der Waals surface area (Å²) < 4.78 is 10.9. The van der Waals surface area contributed by atoms with Crippen molar-refractivity contribution < 1.29 is 9.47 Å². The average molecular weight is 266 g/mol.